The third-order valence-corrected chi connectivity index (χ3v) is 4.79. The number of rotatable bonds is 5. The lowest BCUT2D eigenvalue weighted by atomic mass is 9.84. The average Bonchev–Trinajstić information content (AvgIpc) is 3.02. The van der Waals surface area contributed by atoms with Crippen LogP contribution in [-0.2, 0) is 15.1 Å². The van der Waals surface area contributed by atoms with Crippen LogP contribution >= 0.6 is 11.6 Å². The van der Waals surface area contributed by atoms with E-state index in [2.05, 4.69) is 15.6 Å². The molecule has 3 rings (SSSR count). The molecule has 25 heavy (non-hydrogen) atoms. The molecule has 2 aliphatic rings. The maximum atomic E-state index is 12.2. The molecule has 2 amide bonds. The van der Waals surface area contributed by atoms with E-state index < -0.39 is 17.4 Å². The molecule has 1 aromatic rings. The Kier molecular flexibility index (Phi) is 4.94. The number of hydrogen-bond donors (Lipinski definition) is 4. The van der Waals surface area contributed by atoms with Crippen molar-refractivity contribution in [3.63, 3.8) is 0 Å². The van der Waals surface area contributed by atoms with E-state index in [0.29, 0.717) is 11.3 Å². The van der Waals surface area contributed by atoms with Gasteiger partial charge in [0.15, 0.2) is 5.54 Å². The van der Waals surface area contributed by atoms with Gasteiger partial charge in [0, 0.05) is 5.56 Å². The second kappa shape index (κ2) is 6.99. The SMILES string of the molecule is NC(=O)C1=NCNC1(C(N)=O)c1ccc(OC2CCNCC2)cc1Cl. The Labute approximate surface area is 149 Å². The molecular formula is C16H20ClN5O3. The van der Waals surface area contributed by atoms with Crippen molar-refractivity contribution >= 4 is 29.1 Å². The summed E-state index contributed by atoms with van der Waals surface area (Å²) >= 11 is 6.38. The first-order valence-electron chi connectivity index (χ1n) is 8.02. The summed E-state index contributed by atoms with van der Waals surface area (Å²) in [6, 6.07) is 4.93. The molecule has 8 nitrogen and oxygen atoms in total. The molecule has 1 unspecified atom stereocenters. The number of aliphatic imine (C=N–C) groups is 1. The maximum Gasteiger partial charge on any atom is 0.265 e. The van der Waals surface area contributed by atoms with Gasteiger partial charge in [-0.15, -0.1) is 0 Å². The molecule has 0 bridgehead atoms. The second-order valence-corrected chi connectivity index (χ2v) is 6.44. The van der Waals surface area contributed by atoms with Crippen molar-refractivity contribution in [1.82, 2.24) is 10.6 Å². The molecule has 0 saturated carbocycles. The quantitative estimate of drug-likeness (QED) is 0.565. The number of ether oxygens (including phenoxy) is 1. The van der Waals surface area contributed by atoms with Crippen LogP contribution in [0.25, 0.3) is 0 Å². The first kappa shape index (κ1) is 17.7. The molecule has 1 atom stereocenters. The Bertz CT molecular complexity index is 732. The van der Waals surface area contributed by atoms with Gasteiger partial charge in [0.25, 0.3) is 5.91 Å². The minimum atomic E-state index is -1.63. The Hall–Kier alpha value is -2.16. The number of benzene rings is 1. The average molecular weight is 366 g/mol. The van der Waals surface area contributed by atoms with Crippen molar-refractivity contribution in [2.75, 3.05) is 19.8 Å². The van der Waals surface area contributed by atoms with Gasteiger partial charge < -0.3 is 21.5 Å². The van der Waals surface area contributed by atoms with Gasteiger partial charge in [0.2, 0.25) is 5.91 Å². The van der Waals surface area contributed by atoms with Crippen molar-refractivity contribution in [2.24, 2.45) is 16.5 Å². The van der Waals surface area contributed by atoms with E-state index in [9.17, 15) is 9.59 Å². The monoisotopic (exact) mass is 365 g/mol. The van der Waals surface area contributed by atoms with Crippen molar-refractivity contribution in [1.29, 1.82) is 0 Å². The Morgan fingerprint density at radius 2 is 2.00 bits per heavy atom. The van der Waals surface area contributed by atoms with Crippen molar-refractivity contribution < 1.29 is 14.3 Å². The van der Waals surface area contributed by atoms with Crippen LogP contribution in [0.15, 0.2) is 23.2 Å². The number of carbonyl (C=O) groups is 2. The smallest absolute Gasteiger partial charge is 0.265 e. The molecule has 0 aliphatic carbocycles. The summed E-state index contributed by atoms with van der Waals surface area (Å²) in [5, 5.41) is 6.36. The van der Waals surface area contributed by atoms with Gasteiger partial charge in [-0.3, -0.25) is 19.9 Å². The normalized spacial score (nSPS) is 24.0. The van der Waals surface area contributed by atoms with Crippen molar-refractivity contribution in [3.05, 3.63) is 28.8 Å². The number of amides is 2. The summed E-state index contributed by atoms with van der Waals surface area (Å²) in [4.78, 5) is 27.8. The lowest BCUT2D eigenvalue weighted by Gasteiger charge is -2.29. The van der Waals surface area contributed by atoms with E-state index in [1.54, 1.807) is 18.2 Å². The van der Waals surface area contributed by atoms with Gasteiger partial charge in [-0.25, -0.2) is 0 Å². The molecule has 0 spiro atoms. The third-order valence-electron chi connectivity index (χ3n) is 4.47. The maximum absolute atomic E-state index is 12.2. The number of nitrogens with zero attached hydrogens (tertiary/aromatic N) is 1. The van der Waals surface area contributed by atoms with Crippen LogP contribution in [0.1, 0.15) is 18.4 Å². The summed E-state index contributed by atoms with van der Waals surface area (Å²) in [5.74, 6) is -1.03. The van der Waals surface area contributed by atoms with E-state index in [-0.39, 0.29) is 23.5 Å². The van der Waals surface area contributed by atoms with Gasteiger partial charge in [-0.1, -0.05) is 17.7 Å². The highest BCUT2D eigenvalue weighted by Crippen LogP contribution is 2.35. The van der Waals surface area contributed by atoms with Crippen LogP contribution in [0.3, 0.4) is 0 Å². The summed E-state index contributed by atoms with van der Waals surface area (Å²) in [7, 11) is 0. The molecule has 2 heterocycles. The highest BCUT2D eigenvalue weighted by atomic mass is 35.5. The van der Waals surface area contributed by atoms with Crippen LogP contribution < -0.4 is 26.8 Å². The number of nitrogens with one attached hydrogen (secondary N) is 2. The minimum absolute atomic E-state index is 0.0465. The molecule has 6 N–H and O–H groups in total. The van der Waals surface area contributed by atoms with Crippen LogP contribution in [0.2, 0.25) is 5.02 Å². The molecule has 1 saturated heterocycles. The van der Waals surface area contributed by atoms with Gasteiger partial charge in [0.1, 0.15) is 17.6 Å². The summed E-state index contributed by atoms with van der Waals surface area (Å²) < 4.78 is 5.94. The number of piperidine rings is 1. The molecule has 9 heteroatoms. The number of hydrogen-bond acceptors (Lipinski definition) is 6. The fourth-order valence-electron chi connectivity index (χ4n) is 3.24. The second-order valence-electron chi connectivity index (χ2n) is 6.03. The van der Waals surface area contributed by atoms with E-state index >= 15 is 0 Å². The largest absolute Gasteiger partial charge is 0.490 e. The number of carbonyl (C=O) groups excluding carboxylic acids is 2. The third kappa shape index (κ3) is 3.20. The van der Waals surface area contributed by atoms with Gasteiger partial charge in [-0.05, 0) is 38.1 Å². The molecule has 134 valence electrons. The fourth-order valence-corrected chi connectivity index (χ4v) is 3.55. The molecule has 0 aromatic heterocycles. The van der Waals surface area contributed by atoms with Gasteiger partial charge in [-0.2, -0.15) is 0 Å². The van der Waals surface area contributed by atoms with Gasteiger partial charge >= 0.3 is 0 Å². The zero-order valence-electron chi connectivity index (χ0n) is 13.5. The summed E-state index contributed by atoms with van der Waals surface area (Å²) in [5.41, 5.74) is 9.48. The predicted octanol–water partition coefficient (Wildman–Crippen LogP) is -0.362. The zero-order valence-corrected chi connectivity index (χ0v) is 14.3. The van der Waals surface area contributed by atoms with E-state index in [0.717, 1.165) is 25.9 Å². The molecule has 1 fully saturated rings. The molecule has 2 aliphatic heterocycles. The van der Waals surface area contributed by atoms with Crippen LogP contribution in [0, 0.1) is 0 Å². The minimum Gasteiger partial charge on any atom is -0.490 e. The molecule has 0 radical (unpaired) electrons. The first-order valence-corrected chi connectivity index (χ1v) is 8.40. The van der Waals surface area contributed by atoms with Crippen LogP contribution in [0.4, 0.5) is 0 Å². The van der Waals surface area contributed by atoms with Gasteiger partial charge in [0.05, 0.1) is 11.7 Å². The van der Waals surface area contributed by atoms with Crippen LogP contribution in [-0.4, -0.2) is 43.4 Å². The lowest BCUT2D eigenvalue weighted by molar-refractivity contribution is -0.123. The topological polar surface area (TPSA) is 132 Å². The number of halogens is 1. The van der Waals surface area contributed by atoms with E-state index in [4.69, 9.17) is 27.8 Å². The fraction of sp³-hybridized carbons (Fsp3) is 0.438. The number of nitrogens with two attached hydrogens (primary N) is 2. The lowest BCUT2D eigenvalue weighted by Crippen LogP contribution is -2.58. The highest BCUT2D eigenvalue weighted by Gasteiger charge is 2.50. The highest BCUT2D eigenvalue weighted by molar-refractivity contribution is 6.47. The van der Waals surface area contributed by atoms with E-state index in [1.807, 2.05) is 0 Å². The zero-order chi connectivity index (χ0) is 18.0. The Morgan fingerprint density at radius 3 is 2.60 bits per heavy atom. The molecular weight excluding hydrogens is 346 g/mol. The summed E-state index contributed by atoms with van der Waals surface area (Å²) in [6.07, 6.45) is 1.93. The van der Waals surface area contributed by atoms with E-state index in [1.165, 1.54) is 0 Å². The Morgan fingerprint density at radius 1 is 1.28 bits per heavy atom. The summed E-state index contributed by atoms with van der Waals surface area (Å²) in [6.45, 7) is 1.86. The Balaban J connectivity index is 1.92. The standard InChI is InChI=1S/C16H20ClN5O3/c17-12-7-10(25-9-3-5-20-6-4-9)1-2-11(12)16(15(19)24)13(14(18)23)21-8-22-16/h1-2,7,9,20,22H,3-6,8H2,(H2,18,23)(H2,19,24). The number of primary amides is 2. The van der Waals surface area contributed by atoms with Crippen molar-refractivity contribution in [2.45, 2.75) is 24.5 Å². The first-order chi connectivity index (χ1) is 11.9. The molecule has 1 aromatic carbocycles. The predicted molar refractivity (Wildman–Crippen MR) is 93.5 cm³/mol. The van der Waals surface area contributed by atoms with Crippen molar-refractivity contribution in [3.8, 4) is 5.75 Å². The van der Waals surface area contributed by atoms with Crippen LogP contribution in [0.5, 0.6) is 5.75 Å².